The average molecular weight is 299 g/mol. The van der Waals surface area contributed by atoms with Gasteiger partial charge in [-0.2, -0.15) is 0 Å². The van der Waals surface area contributed by atoms with Gasteiger partial charge in [0.1, 0.15) is 0 Å². The van der Waals surface area contributed by atoms with Gasteiger partial charge in [-0.15, -0.1) is 0 Å². The van der Waals surface area contributed by atoms with E-state index in [4.69, 9.17) is 5.73 Å². The van der Waals surface area contributed by atoms with E-state index < -0.39 is 5.54 Å². The van der Waals surface area contributed by atoms with Gasteiger partial charge in [-0.3, -0.25) is 9.69 Å². The molecule has 5 N–H and O–H groups in total. The second-order valence-electron chi connectivity index (χ2n) is 6.30. The summed E-state index contributed by atoms with van der Waals surface area (Å²) in [5.74, 6) is 0.0283. The van der Waals surface area contributed by atoms with Gasteiger partial charge >= 0.3 is 0 Å². The molecule has 1 rings (SSSR count). The van der Waals surface area contributed by atoms with Gasteiger partial charge in [-0.25, -0.2) is 0 Å². The van der Waals surface area contributed by atoms with Gasteiger partial charge in [-0.1, -0.05) is 13.8 Å². The number of hydrogen-bond donors (Lipinski definition) is 4. The van der Waals surface area contributed by atoms with Crippen LogP contribution in [0, 0.1) is 5.92 Å². The van der Waals surface area contributed by atoms with Crippen molar-refractivity contribution in [3.05, 3.63) is 0 Å². The van der Waals surface area contributed by atoms with Gasteiger partial charge < -0.3 is 21.7 Å². The Hall–Kier alpha value is -0.690. The molecule has 3 atom stereocenters. The fourth-order valence-corrected chi connectivity index (χ4v) is 2.72. The second-order valence-corrected chi connectivity index (χ2v) is 6.30. The van der Waals surface area contributed by atoms with E-state index in [1.807, 2.05) is 20.9 Å². The van der Waals surface area contributed by atoms with Crippen LogP contribution in [0.3, 0.4) is 0 Å². The molecule has 1 aliphatic rings. The minimum absolute atomic E-state index is 0.0566. The average Bonchev–Trinajstić information content (AvgIpc) is 2.48. The molecule has 0 aliphatic carbocycles. The molecule has 1 aliphatic heterocycles. The highest BCUT2D eigenvalue weighted by atomic mass is 16.2. The lowest BCUT2D eigenvalue weighted by Crippen LogP contribution is -2.60. The Labute approximate surface area is 129 Å². The van der Waals surface area contributed by atoms with Crippen LogP contribution >= 0.6 is 0 Å². The number of amides is 1. The van der Waals surface area contributed by atoms with Crippen LogP contribution in [0.2, 0.25) is 0 Å². The summed E-state index contributed by atoms with van der Waals surface area (Å²) in [6, 6.07) is 0.395. The lowest BCUT2D eigenvalue weighted by Gasteiger charge is -2.36. The van der Waals surface area contributed by atoms with Crippen LogP contribution in [0.1, 0.15) is 27.2 Å². The Bertz CT molecular complexity index is 315. The van der Waals surface area contributed by atoms with E-state index in [2.05, 4.69) is 27.8 Å². The largest absolute Gasteiger partial charge is 0.353 e. The molecule has 0 saturated carbocycles. The molecule has 0 aromatic heterocycles. The molecule has 1 fully saturated rings. The molecule has 6 heteroatoms. The Balaban J connectivity index is 2.49. The quantitative estimate of drug-likeness (QED) is 0.479. The maximum absolute atomic E-state index is 12.4. The second kappa shape index (κ2) is 8.68. The third-order valence-corrected chi connectivity index (χ3v) is 4.66. The molecule has 21 heavy (non-hydrogen) atoms. The molecular weight excluding hydrogens is 266 g/mol. The monoisotopic (exact) mass is 299 g/mol. The molecule has 1 heterocycles. The van der Waals surface area contributed by atoms with Crippen molar-refractivity contribution in [2.45, 2.75) is 38.8 Å². The number of nitrogens with zero attached hydrogens (tertiary/aromatic N) is 1. The lowest BCUT2D eigenvalue weighted by atomic mass is 9.87. The number of rotatable bonds is 8. The number of carbonyl (C=O) groups excluding carboxylic acids is 1. The minimum Gasteiger partial charge on any atom is -0.353 e. The van der Waals surface area contributed by atoms with Crippen LogP contribution in [0.4, 0.5) is 0 Å². The first-order chi connectivity index (χ1) is 9.93. The third-order valence-electron chi connectivity index (χ3n) is 4.66. The highest BCUT2D eigenvalue weighted by Crippen LogP contribution is 2.13. The summed E-state index contributed by atoms with van der Waals surface area (Å²) in [4.78, 5) is 14.8. The summed E-state index contributed by atoms with van der Waals surface area (Å²) < 4.78 is 0. The number of nitrogens with two attached hydrogens (primary N) is 1. The number of carbonyl (C=O) groups is 1. The maximum Gasteiger partial charge on any atom is 0.240 e. The summed E-state index contributed by atoms with van der Waals surface area (Å²) in [5, 5.41) is 9.49. The molecule has 0 aromatic rings. The zero-order valence-corrected chi connectivity index (χ0v) is 14.0. The number of piperazine rings is 1. The number of hydrogen-bond acceptors (Lipinski definition) is 5. The Morgan fingerprint density at radius 2 is 2.00 bits per heavy atom. The van der Waals surface area contributed by atoms with Gasteiger partial charge in [0.05, 0.1) is 5.54 Å². The SMILES string of the molecule is CC[C@@H](CNC(=O)C(C)(N)C(C)CNC)N1CCNCC1. The first kappa shape index (κ1) is 18.4. The highest BCUT2D eigenvalue weighted by molar-refractivity contribution is 5.86. The van der Waals surface area contributed by atoms with Gasteiger partial charge in [0.15, 0.2) is 0 Å². The van der Waals surface area contributed by atoms with Crippen LogP contribution in [0.15, 0.2) is 0 Å². The van der Waals surface area contributed by atoms with Gasteiger partial charge in [0.25, 0.3) is 0 Å². The van der Waals surface area contributed by atoms with Crippen molar-refractivity contribution in [1.29, 1.82) is 0 Å². The topological polar surface area (TPSA) is 82.4 Å². The molecular formula is C15H33N5O. The van der Waals surface area contributed by atoms with Gasteiger partial charge in [0, 0.05) is 38.8 Å². The molecule has 1 saturated heterocycles. The molecule has 124 valence electrons. The normalized spacial score (nSPS) is 22.3. The van der Waals surface area contributed by atoms with Crippen LogP contribution in [0.5, 0.6) is 0 Å². The van der Waals surface area contributed by atoms with Crippen molar-refractivity contribution in [2.24, 2.45) is 11.7 Å². The smallest absolute Gasteiger partial charge is 0.240 e. The van der Waals surface area contributed by atoms with Crippen molar-refractivity contribution in [2.75, 3.05) is 46.3 Å². The van der Waals surface area contributed by atoms with Crippen molar-refractivity contribution < 1.29 is 4.79 Å². The fraction of sp³-hybridized carbons (Fsp3) is 0.933. The Kier molecular flexibility index (Phi) is 7.59. The molecule has 0 spiro atoms. The predicted octanol–water partition coefficient (Wildman–Crippen LogP) is -0.641. The molecule has 0 aromatic carbocycles. The van der Waals surface area contributed by atoms with E-state index >= 15 is 0 Å². The van der Waals surface area contributed by atoms with Gasteiger partial charge in [0.2, 0.25) is 5.91 Å². The van der Waals surface area contributed by atoms with Crippen LogP contribution < -0.4 is 21.7 Å². The molecule has 6 nitrogen and oxygen atoms in total. The summed E-state index contributed by atoms with van der Waals surface area (Å²) >= 11 is 0. The van der Waals surface area contributed by atoms with Crippen molar-refractivity contribution in [1.82, 2.24) is 20.9 Å². The van der Waals surface area contributed by atoms with Crippen LogP contribution in [-0.2, 0) is 4.79 Å². The zero-order valence-electron chi connectivity index (χ0n) is 14.0. The number of nitrogens with one attached hydrogen (secondary N) is 3. The lowest BCUT2D eigenvalue weighted by molar-refractivity contribution is -0.127. The van der Waals surface area contributed by atoms with E-state index in [0.29, 0.717) is 12.6 Å². The Morgan fingerprint density at radius 1 is 1.38 bits per heavy atom. The maximum atomic E-state index is 12.4. The van der Waals surface area contributed by atoms with E-state index in [9.17, 15) is 4.79 Å². The Morgan fingerprint density at radius 3 is 2.52 bits per heavy atom. The molecule has 1 amide bonds. The van der Waals surface area contributed by atoms with Crippen LogP contribution in [0.25, 0.3) is 0 Å². The third kappa shape index (κ3) is 5.21. The van der Waals surface area contributed by atoms with Crippen molar-refractivity contribution in [3.8, 4) is 0 Å². The minimum atomic E-state index is -0.843. The van der Waals surface area contributed by atoms with Gasteiger partial charge in [-0.05, 0) is 32.9 Å². The van der Waals surface area contributed by atoms with E-state index in [0.717, 1.165) is 39.1 Å². The van der Waals surface area contributed by atoms with E-state index in [1.165, 1.54) is 0 Å². The summed E-state index contributed by atoms with van der Waals surface area (Å²) in [6.07, 6.45) is 1.04. The van der Waals surface area contributed by atoms with E-state index in [1.54, 1.807) is 0 Å². The standard InChI is InChI=1S/C15H33N5O/c1-5-13(20-8-6-18-7-9-20)11-19-14(21)15(3,16)12(2)10-17-4/h12-13,17-18H,5-11,16H2,1-4H3,(H,19,21)/t12?,13-,15?/m0/s1. The van der Waals surface area contributed by atoms with Crippen molar-refractivity contribution >= 4 is 5.91 Å². The summed E-state index contributed by atoms with van der Waals surface area (Å²) in [7, 11) is 1.88. The first-order valence-electron chi connectivity index (χ1n) is 8.10. The van der Waals surface area contributed by atoms with E-state index in [-0.39, 0.29) is 11.8 Å². The molecule has 0 bridgehead atoms. The fourth-order valence-electron chi connectivity index (χ4n) is 2.72. The predicted molar refractivity (Wildman–Crippen MR) is 87.2 cm³/mol. The summed E-state index contributed by atoms with van der Waals surface area (Å²) in [5.41, 5.74) is 5.38. The van der Waals surface area contributed by atoms with Crippen molar-refractivity contribution in [3.63, 3.8) is 0 Å². The zero-order chi connectivity index (χ0) is 15.9. The summed E-state index contributed by atoms with van der Waals surface area (Å²) in [6.45, 7) is 11.5. The first-order valence-corrected chi connectivity index (χ1v) is 8.10. The molecule has 0 radical (unpaired) electrons. The molecule has 2 unspecified atom stereocenters. The highest BCUT2D eigenvalue weighted by Gasteiger charge is 2.34. The van der Waals surface area contributed by atoms with Crippen LogP contribution in [-0.4, -0.2) is 68.7 Å².